The minimum absolute atomic E-state index is 0.275. The van der Waals surface area contributed by atoms with Crippen LogP contribution in [-0.2, 0) is 22.5 Å². The predicted molar refractivity (Wildman–Crippen MR) is 120 cm³/mol. The molecule has 0 spiro atoms. The number of ether oxygens (including phenoxy) is 1. The number of aliphatic carboxylic acids is 1. The largest absolute Gasteiger partial charge is 0.482 e. The third kappa shape index (κ3) is 5.43. The van der Waals surface area contributed by atoms with E-state index in [9.17, 15) is 4.79 Å². The fraction of sp³-hybridized carbons (Fsp3) is 0.192. The molecule has 0 saturated heterocycles. The van der Waals surface area contributed by atoms with Gasteiger partial charge in [-0.15, -0.1) is 5.73 Å². The second kappa shape index (κ2) is 10.4. The first-order valence-electron chi connectivity index (χ1n) is 10.4. The number of hydroxylamine groups is 1. The SMILES string of the molecule is O=C(O)COc1cccc2c1CCC(=C=CNOC(c1ccccc1)c1ccncc1)C2. The average molecular weight is 428 g/mol. The lowest BCUT2D eigenvalue weighted by atomic mass is 9.88. The van der Waals surface area contributed by atoms with Crippen LogP contribution in [0.4, 0.5) is 0 Å². The van der Waals surface area contributed by atoms with Crippen molar-refractivity contribution in [2.45, 2.75) is 25.4 Å². The van der Waals surface area contributed by atoms with E-state index in [0.717, 1.165) is 47.1 Å². The number of nitrogens with one attached hydrogen (secondary N) is 1. The molecule has 2 N–H and O–H groups in total. The number of pyridine rings is 1. The van der Waals surface area contributed by atoms with Gasteiger partial charge in [-0.05, 0) is 58.9 Å². The summed E-state index contributed by atoms with van der Waals surface area (Å²) >= 11 is 0. The second-order valence-electron chi connectivity index (χ2n) is 7.45. The molecule has 1 aliphatic carbocycles. The van der Waals surface area contributed by atoms with Gasteiger partial charge in [0.25, 0.3) is 0 Å². The highest BCUT2D eigenvalue weighted by molar-refractivity contribution is 5.68. The smallest absolute Gasteiger partial charge is 0.341 e. The first-order chi connectivity index (χ1) is 15.7. The highest BCUT2D eigenvalue weighted by atomic mass is 16.7. The van der Waals surface area contributed by atoms with Crippen molar-refractivity contribution < 1.29 is 19.5 Å². The van der Waals surface area contributed by atoms with E-state index in [-0.39, 0.29) is 12.7 Å². The number of aromatic nitrogens is 1. The fourth-order valence-corrected chi connectivity index (χ4v) is 3.78. The van der Waals surface area contributed by atoms with E-state index in [4.69, 9.17) is 14.7 Å². The van der Waals surface area contributed by atoms with Crippen molar-refractivity contribution in [3.05, 3.63) is 113 Å². The van der Waals surface area contributed by atoms with Crippen molar-refractivity contribution in [2.75, 3.05) is 6.61 Å². The summed E-state index contributed by atoms with van der Waals surface area (Å²) in [5.41, 5.74) is 11.6. The molecule has 0 bridgehead atoms. The van der Waals surface area contributed by atoms with E-state index in [1.54, 1.807) is 18.6 Å². The molecular formula is C26H24N2O4. The summed E-state index contributed by atoms with van der Waals surface area (Å²) in [4.78, 5) is 20.9. The van der Waals surface area contributed by atoms with Crippen LogP contribution >= 0.6 is 0 Å². The summed E-state index contributed by atoms with van der Waals surface area (Å²) < 4.78 is 5.44. The highest BCUT2D eigenvalue weighted by Crippen LogP contribution is 2.31. The van der Waals surface area contributed by atoms with Crippen LogP contribution in [0.2, 0.25) is 0 Å². The normalized spacial score (nSPS) is 13.4. The van der Waals surface area contributed by atoms with Crippen molar-refractivity contribution in [1.82, 2.24) is 10.5 Å². The van der Waals surface area contributed by atoms with Gasteiger partial charge in [0, 0.05) is 18.8 Å². The molecule has 1 aliphatic rings. The Kier molecular flexibility index (Phi) is 6.98. The summed E-state index contributed by atoms with van der Waals surface area (Å²) in [5, 5.41) is 8.86. The first kappa shape index (κ1) is 21.4. The van der Waals surface area contributed by atoms with E-state index >= 15 is 0 Å². The van der Waals surface area contributed by atoms with Crippen LogP contribution in [0, 0.1) is 0 Å². The zero-order valence-corrected chi connectivity index (χ0v) is 17.5. The van der Waals surface area contributed by atoms with Gasteiger partial charge < -0.3 is 9.84 Å². The first-order valence-corrected chi connectivity index (χ1v) is 10.4. The number of hydrogen-bond donors (Lipinski definition) is 2. The molecule has 0 saturated carbocycles. The molecule has 0 radical (unpaired) electrons. The molecular weight excluding hydrogens is 404 g/mol. The van der Waals surface area contributed by atoms with Gasteiger partial charge in [-0.1, -0.05) is 42.5 Å². The number of fused-ring (bicyclic) bond motifs is 1. The Morgan fingerprint density at radius 2 is 1.84 bits per heavy atom. The molecule has 0 aliphatic heterocycles. The minimum Gasteiger partial charge on any atom is -0.482 e. The number of benzene rings is 2. The maximum Gasteiger partial charge on any atom is 0.341 e. The van der Waals surface area contributed by atoms with Crippen LogP contribution in [0.15, 0.2) is 90.6 Å². The molecule has 0 amide bonds. The van der Waals surface area contributed by atoms with E-state index in [1.165, 1.54) is 0 Å². The van der Waals surface area contributed by atoms with Crippen LogP contribution in [0.25, 0.3) is 0 Å². The molecule has 162 valence electrons. The molecule has 1 unspecified atom stereocenters. The lowest BCUT2D eigenvalue weighted by molar-refractivity contribution is -0.139. The van der Waals surface area contributed by atoms with E-state index in [2.05, 4.69) is 16.2 Å². The second-order valence-corrected chi connectivity index (χ2v) is 7.45. The predicted octanol–water partition coefficient (Wildman–Crippen LogP) is 4.38. The van der Waals surface area contributed by atoms with Crippen molar-refractivity contribution in [1.29, 1.82) is 0 Å². The molecule has 6 heteroatoms. The summed E-state index contributed by atoms with van der Waals surface area (Å²) in [6.45, 7) is -0.333. The number of allylic oxidation sites excluding steroid dienone is 1. The Balaban J connectivity index is 1.44. The Bertz CT molecular complexity index is 1080. The molecule has 3 aromatic rings. The third-order valence-corrected chi connectivity index (χ3v) is 5.29. The molecule has 2 aromatic carbocycles. The number of hydrogen-bond acceptors (Lipinski definition) is 5. The Morgan fingerprint density at radius 1 is 1.06 bits per heavy atom. The van der Waals surface area contributed by atoms with Crippen LogP contribution in [-0.4, -0.2) is 22.7 Å². The molecule has 1 atom stereocenters. The van der Waals surface area contributed by atoms with Crippen molar-refractivity contribution in [3.8, 4) is 5.75 Å². The quantitative estimate of drug-likeness (QED) is 0.409. The van der Waals surface area contributed by atoms with Crippen molar-refractivity contribution in [3.63, 3.8) is 0 Å². The van der Waals surface area contributed by atoms with Gasteiger partial charge in [-0.3, -0.25) is 15.3 Å². The van der Waals surface area contributed by atoms with E-state index in [1.807, 2.05) is 60.7 Å². The van der Waals surface area contributed by atoms with Gasteiger partial charge in [0.2, 0.25) is 0 Å². The topological polar surface area (TPSA) is 80.7 Å². The van der Waals surface area contributed by atoms with Gasteiger partial charge in [-0.2, -0.15) is 0 Å². The third-order valence-electron chi connectivity index (χ3n) is 5.29. The van der Waals surface area contributed by atoms with Gasteiger partial charge in [0.1, 0.15) is 11.9 Å². The molecule has 0 fully saturated rings. The molecule has 4 rings (SSSR count). The zero-order valence-electron chi connectivity index (χ0n) is 17.5. The van der Waals surface area contributed by atoms with Crippen LogP contribution in [0.1, 0.15) is 34.8 Å². The Hall–Kier alpha value is -3.86. The van der Waals surface area contributed by atoms with Gasteiger partial charge in [0.05, 0.1) is 6.20 Å². The van der Waals surface area contributed by atoms with E-state index in [0.29, 0.717) is 5.75 Å². The lowest BCUT2D eigenvalue weighted by Crippen LogP contribution is -2.15. The highest BCUT2D eigenvalue weighted by Gasteiger charge is 2.18. The maximum atomic E-state index is 10.8. The number of nitrogens with zero attached hydrogens (tertiary/aromatic N) is 1. The van der Waals surface area contributed by atoms with E-state index < -0.39 is 5.97 Å². The monoisotopic (exact) mass is 428 g/mol. The average Bonchev–Trinajstić information content (AvgIpc) is 2.83. The van der Waals surface area contributed by atoms with Crippen molar-refractivity contribution >= 4 is 5.97 Å². The molecule has 1 heterocycles. The number of rotatable bonds is 8. The number of carbonyl (C=O) groups is 1. The van der Waals surface area contributed by atoms with Gasteiger partial charge in [-0.25, -0.2) is 4.79 Å². The Morgan fingerprint density at radius 3 is 2.62 bits per heavy atom. The van der Waals surface area contributed by atoms with Crippen LogP contribution in [0.5, 0.6) is 5.75 Å². The molecule has 6 nitrogen and oxygen atoms in total. The Labute approximate surface area is 186 Å². The van der Waals surface area contributed by atoms with Gasteiger partial charge >= 0.3 is 5.97 Å². The summed E-state index contributed by atoms with van der Waals surface area (Å²) in [6, 6.07) is 19.6. The fourth-order valence-electron chi connectivity index (χ4n) is 3.78. The minimum atomic E-state index is -0.978. The lowest BCUT2D eigenvalue weighted by Gasteiger charge is -2.20. The zero-order chi connectivity index (χ0) is 22.2. The number of carboxylic acids is 1. The van der Waals surface area contributed by atoms with Gasteiger partial charge in [0.15, 0.2) is 6.61 Å². The maximum absolute atomic E-state index is 10.8. The van der Waals surface area contributed by atoms with Crippen molar-refractivity contribution in [2.24, 2.45) is 0 Å². The number of carboxylic acid groups (broad SMARTS) is 1. The standard InChI is InChI=1S/C26H24N2O4/c29-25(30)18-31-24-8-4-7-22-17-19(9-10-23(22)24)11-16-28-32-26(20-5-2-1-3-6-20)21-12-14-27-15-13-21/h1-8,12-16,26,28H,9-10,17-18H2,(H,29,30). The van der Waals surface area contributed by atoms with Crippen LogP contribution < -0.4 is 10.2 Å². The summed E-state index contributed by atoms with van der Waals surface area (Å²) in [6.07, 6.45) is 7.27. The summed E-state index contributed by atoms with van der Waals surface area (Å²) in [5.74, 6) is -0.328. The molecule has 32 heavy (non-hydrogen) atoms. The molecule has 1 aromatic heterocycles. The summed E-state index contributed by atoms with van der Waals surface area (Å²) in [7, 11) is 0. The van der Waals surface area contributed by atoms with Crippen LogP contribution in [0.3, 0.4) is 0 Å².